The molecule has 0 aliphatic rings. The van der Waals surface area contributed by atoms with Gasteiger partial charge in [0.1, 0.15) is 0 Å². The number of nitrogens with one attached hydrogen (secondary N) is 1. The molecule has 0 saturated heterocycles. The van der Waals surface area contributed by atoms with Crippen molar-refractivity contribution >= 4 is 11.6 Å². The summed E-state index contributed by atoms with van der Waals surface area (Å²) in [7, 11) is 1.77. The molecule has 0 bridgehead atoms. The highest BCUT2D eigenvalue weighted by atomic mass is 16.2. The van der Waals surface area contributed by atoms with E-state index in [1.165, 1.54) is 4.68 Å². The monoisotopic (exact) mass is 235 g/mol. The molecule has 2 heterocycles. The van der Waals surface area contributed by atoms with E-state index in [4.69, 9.17) is 5.73 Å². The Bertz CT molecular complexity index is 515. The van der Waals surface area contributed by atoms with Gasteiger partial charge in [-0.2, -0.15) is 5.10 Å². The normalized spacial score (nSPS) is 10.5. The molecule has 0 saturated carbocycles. The first kappa shape index (κ1) is 11.3. The van der Waals surface area contributed by atoms with Crippen molar-refractivity contribution in [3.63, 3.8) is 0 Å². The highest BCUT2D eigenvalue weighted by Crippen LogP contribution is 2.05. The number of anilines is 1. The highest BCUT2D eigenvalue weighted by molar-refractivity contribution is 6.02. The Morgan fingerprint density at radius 2 is 2.35 bits per heavy atom. The van der Waals surface area contributed by atoms with Crippen LogP contribution in [0, 0.1) is 0 Å². The summed E-state index contributed by atoms with van der Waals surface area (Å²) in [5.74, 6) is -0.318. The van der Waals surface area contributed by atoms with E-state index in [-0.39, 0.29) is 11.6 Å². The van der Waals surface area contributed by atoms with Gasteiger partial charge in [-0.15, -0.1) is 5.10 Å². The minimum absolute atomic E-state index is 0.252. The van der Waals surface area contributed by atoms with Gasteiger partial charge in [0, 0.05) is 19.8 Å². The number of carbonyl (C=O) groups is 1. The average Bonchev–Trinajstić information content (AvgIpc) is 2.88. The molecule has 0 fully saturated rings. The molecular formula is C9H13N7O. The van der Waals surface area contributed by atoms with Gasteiger partial charge in [-0.25, -0.2) is 0 Å². The summed E-state index contributed by atoms with van der Waals surface area (Å²) < 4.78 is 3.12. The van der Waals surface area contributed by atoms with Gasteiger partial charge in [-0.05, 0) is 0 Å². The van der Waals surface area contributed by atoms with Crippen molar-refractivity contribution in [3.05, 3.63) is 24.3 Å². The molecule has 1 amide bonds. The van der Waals surface area contributed by atoms with Crippen LogP contribution in [0.5, 0.6) is 0 Å². The molecular weight excluding hydrogens is 222 g/mol. The molecule has 0 aromatic carbocycles. The van der Waals surface area contributed by atoms with Crippen molar-refractivity contribution in [1.29, 1.82) is 0 Å². The van der Waals surface area contributed by atoms with Crippen molar-refractivity contribution in [2.45, 2.75) is 6.54 Å². The molecule has 0 spiro atoms. The summed E-state index contributed by atoms with van der Waals surface area (Å²) >= 11 is 0. The maximum absolute atomic E-state index is 11.7. The second-order valence-corrected chi connectivity index (χ2v) is 3.51. The lowest BCUT2D eigenvalue weighted by atomic mass is 10.4. The number of hydrogen-bond donors (Lipinski definition) is 2. The molecule has 90 valence electrons. The fraction of sp³-hybridized carbons (Fsp3) is 0.333. The number of hydrogen-bond acceptors (Lipinski definition) is 5. The van der Waals surface area contributed by atoms with Crippen LogP contribution in [0.3, 0.4) is 0 Å². The number of aromatic nitrogens is 5. The first-order valence-corrected chi connectivity index (χ1v) is 5.09. The quantitative estimate of drug-likeness (QED) is 0.723. The van der Waals surface area contributed by atoms with Crippen LogP contribution in [-0.4, -0.2) is 37.2 Å². The van der Waals surface area contributed by atoms with Gasteiger partial charge >= 0.3 is 0 Å². The lowest BCUT2D eigenvalue weighted by molar-refractivity contribution is 0.102. The molecule has 2 aromatic rings. The predicted molar refractivity (Wildman–Crippen MR) is 60.2 cm³/mol. The van der Waals surface area contributed by atoms with Crippen molar-refractivity contribution in [2.24, 2.45) is 12.8 Å². The SMILES string of the molecule is Cn1cc(NC(=O)c2cn(CCN)nn2)cn1. The zero-order valence-electron chi connectivity index (χ0n) is 9.37. The number of amides is 1. The molecule has 0 atom stereocenters. The van der Waals surface area contributed by atoms with E-state index >= 15 is 0 Å². The predicted octanol–water partition coefficient (Wildman–Crippen LogP) is -0.777. The Kier molecular flexibility index (Phi) is 3.15. The average molecular weight is 235 g/mol. The zero-order valence-corrected chi connectivity index (χ0v) is 9.37. The van der Waals surface area contributed by atoms with Crippen LogP contribution in [0.25, 0.3) is 0 Å². The Hall–Kier alpha value is -2.22. The smallest absolute Gasteiger partial charge is 0.277 e. The van der Waals surface area contributed by atoms with E-state index in [0.717, 1.165) is 0 Å². The van der Waals surface area contributed by atoms with E-state index in [1.54, 1.807) is 30.3 Å². The van der Waals surface area contributed by atoms with Gasteiger partial charge in [0.15, 0.2) is 5.69 Å². The number of rotatable bonds is 4. The van der Waals surface area contributed by atoms with Gasteiger partial charge in [0.25, 0.3) is 5.91 Å². The standard InChI is InChI=1S/C9H13N7O/c1-15-5-7(4-11-15)12-9(17)8-6-16(3-2-10)14-13-8/h4-6H,2-3,10H2,1H3,(H,12,17). The molecule has 0 unspecified atom stereocenters. The van der Waals surface area contributed by atoms with E-state index < -0.39 is 0 Å². The van der Waals surface area contributed by atoms with Gasteiger partial charge in [-0.3, -0.25) is 14.2 Å². The molecule has 3 N–H and O–H groups in total. The third-order valence-electron chi connectivity index (χ3n) is 2.09. The lowest BCUT2D eigenvalue weighted by Crippen LogP contribution is -2.12. The van der Waals surface area contributed by atoms with E-state index in [0.29, 0.717) is 18.8 Å². The van der Waals surface area contributed by atoms with Crippen LogP contribution in [0.2, 0.25) is 0 Å². The fourth-order valence-corrected chi connectivity index (χ4v) is 1.32. The number of nitrogens with two attached hydrogens (primary N) is 1. The van der Waals surface area contributed by atoms with Crippen LogP contribution < -0.4 is 11.1 Å². The minimum Gasteiger partial charge on any atom is -0.329 e. The summed E-state index contributed by atoms with van der Waals surface area (Å²) in [5.41, 5.74) is 6.24. The van der Waals surface area contributed by atoms with Crippen LogP contribution in [0.15, 0.2) is 18.6 Å². The van der Waals surface area contributed by atoms with Crippen molar-refractivity contribution in [1.82, 2.24) is 24.8 Å². The molecule has 8 heteroatoms. The van der Waals surface area contributed by atoms with Crippen molar-refractivity contribution in [2.75, 3.05) is 11.9 Å². The van der Waals surface area contributed by atoms with Crippen LogP contribution in [-0.2, 0) is 13.6 Å². The Labute approximate surface area is 97.4 Å². The minimum atomic E-state index is -0.318. The summed E-state index contributed by atoms with van der Waals surface area (Å²) in [5, 5.41) is 14.1. The first-order valence-electron chi connectivity index (χ1n) is 5.09. The highest BCUT2D eigenvalue weighted by Gasteiger charge is 2.11. The first-order chi connectivity index (χ1) is 8.19. The van der Waals surface area contributed by atoms with Crippen LogP contribution >= 0.6 is 0 Å². The topological polar surface area (TPSA) is 104 Å². The van der Waals surface area contributed by atoms with Crippen LogP contribution in [0.4, 0.5) is 5.69 Å². The second kappa shape index (κ2) is 4.74. The van der Waals surface area contributed by atoms with Gasteiger partial charge < -0.3 is 11.1 Å². The number of carbonyl (C=O) groups excluding carboxylic acids is 1. The third-order valence-corrected chi connectivity index (χ3v) is 2.09. The van der Waals surface area contributed by atoms with Crippen molar-refractivity contribution < 1.29 is 4.79 Å². The summed E-state index contributed by atoms with van der Waals surface area (Å²) in [6.45, 7) is 0.986. The third kappa shape index (κ3) is 2.67. The fourth-order valence-electron chi connectivity index (χ4n) is 1.32. The summed E-state index contributed by atoms with van der Waals surface area (Å²) in [6, 6.07) is 0. The second-order valence-electron chi connectivity index (χ2n) is 3.51. The zero-order chi connectivity index (χ0) is 12.3. The Morgan fingerprint density at radius 1 is 1.53 bits per heavy atom. The molecule has 0 radical (unpaired) electrons. The van der Waals surface area contributed by atoms with E-state index in [1.807, 2.05) is 0 Å². The van der Waals surface area contributed by atoms with E-state index in [2.05, 4.69) is 20.7 Å². The molecule has 8 nitrogen and oxygen atoms in total. The maximum Gasteiger partial charge on any atom is 0.277 e. The number of aryl methyl sites for hydroxylation is 1. The van der Waals surface area contributed by atoms with Crippen LogP contribution in [0.1, 0.15) is 10.5 Å². The Morgan fingerprint density at radius 3 is 3.00 bits per heavy atom. The van der Waals surface area contributed by atoms with Crippen molar-refractivity contribution in [3.8, 4) is 0 Å². The Balaban J connectivity index is 2.03. The van der Waals surface area contributed by atoms with Gasteiger partial charge in [-0.1, -0.05) is 5.21 Å². The van der Waals surface area contributed by atoms with Gasteiger partial charge in [0.05, 0.1) is 24.6 Å². The molecule has 0 aliphatic heterocycles. The largest absolute Gasteiger partial charge is 0.329 e. The molecule has 0 aliphatic carbocycles. The maximum atomic E-state index is 11.7. The molecule has 17 heavy (non-hydrogen) atoms. The lowest BCUT2D eigenvalue weighted by Gasteiger charge is -1.97. The molecule has 2 rings (SSSR count). The number of nitrogens with zero attached hydrogens (tertiary/aromatic N) is 5. The van der Waals surface area contributed by atoms with Gasteiger partial charge in [0.2, 0.25) is 0 Å². The molecule has 2 aromatic heterocycles. The van der Waals surface area contributed by atoms with E-state index in [9.17, 15) is 4.79 Å². The summed E-state index contributed by atoms with van der Waals surface area (Å²) in [6.07, 6.45) is 4.81. The summed E-state index contributed by atoms with van der Waals surface area (Å²) in [4.78, 5) is 11.7.